The molecule has 2 N–H and O–H groups in total. The van der Waals surface area contributed by atoms with Gasteiger partial charge in [-0.05, 0) is 26.0 Å². The van der Waals surface area contributed by atoms with Crippen LogP contribution in [0.25, 0.3) is 0 Å². The minimum Gasteiger partial charge on any atom is -0.478 e. The van der Waals surface area contributed by atoms with Crippen LogP contribution in [0.4, 0.5) is 4.39 Å². The first-order valence-corrected chi connectivity index (χ1v) is 5.79. The molecule has 0 bridgehead atoms. The van der Waals surface area contributed by atoms with Crippen LogP contribution in [0, 0.1) is 5.82 Å². The van der Waals surface area contributed by atoms with E-state index in [1.54, 1.807) is 6.92 Å². The fourth-order valence-electron chi connectivity index (χ4n) is 1.34. The molecule has 0 spiro atoms. The molecule has 18 heavy (non-hydrogen) atoms. The zero-order valence-electron chi connectivity index (χ0n) is 10.1. The Bertz CT molecular complexity index is 465. The van der Waals surface area contributed by atoms with Crippen LogP contribution in [0.15, 0.2) is 18.2 Å². The molecule has 0 saturated carbocycles. The van der Waals surface area contributed by atoms with Gasteiger partial charge in [0.15, 0.2) is 6.10 Å². The predicted molar refractivity (Wildman–Crippen MR) is 69.0 cm³/mol. The molecule has 0 saturated heterocycles. The van der Waals surface area contributed by atoms with Crippen LogP contribution in [0.5, 0.6) is 5.75 Å². The molecule has 98 valence electrons. The molecule has 1 rings (SSSR count). The van der Waals surface area contributed by atoms with Crippen molar-refractivity contribution in [1.29, 1.82) is 0 Å². The van der Waals surface area contributed by atoms with Crippen molar-refractivity contribution in [3.05, 3.63) is 29.6 Å². The monoisotopic (exact) mass is 271 g/mol. The fraction of sp³-hybridized carbons (Fsp3) is 0.333. The maximum Gasteiger partial charge on any atom is 0.347 e. The van der Waals surface area contributed by atoms with E-state index in [0.717, 1.165) is 0 Å². The summed E-state index contributed by atoms with van der Waals surface area (Å²) in [5.74, 6) is -0.991. The Balaban J connectivity index is 2.94. The number of carbonyl (C=O) groups excluding carboxylic acids is 1. The van der Waals surface area contributed by atoms with Gasteiger partial charge in [-0.25, -0.2) is 9.18 Å². The predicted octanol–water partition coefficient (Wildman–Crippen LogP) is 1.79. The molecule has 6 heteroatoms. The van der Waals surface area contributed by atoms with Crippen molar-refractivity contribution in [3.8, 4) is 5.75 Å². The van der Waals surface area contributed by atoms with Crippen LogP contribution in [0.2, 0.25) is 0 Å². The van der Waals surface area contributed by atoms with E-state index < -0.39 is 17.9 Å². The molecule has 1 aromatic carbocycles. The number of carbonyl (C=O) groups is 1. The Hall–Kier alpha value is -1.69. The summed E-state index contributed by atoms with van der Waals surface area (Å²) >= 11 is 4.75. The molecule has 1 aromatic rings. The van der Waals surface area contributed by atoms with Crippen LogP contribution in [0.3, 0.4) is 0 Å². The smallest absolute Gasteiger partial charge is 0.347 e. The van der Waals surface area contributed by atoms with Crippen LogP contribution in [-0.4, -0.2) is 23.7 Å². The Morgan fingerprint density at radius 3 is 2.78 bits per heavy atom. The van der Waals surface area contributed by atoms with Gasteiger partial charge >= 0.3 is 5.97 Å². The summed E-state index contributed by atoms with van der Waals surface area (Å²) in [5, 5.41) is 0. The number of hydrogen-bond donors (Lipinski definition) is 1. The second-order valence-electron chi connectivity index (χ2n) is 3.49. The second kappa shape index (κ2) is 6.30. The largest absolute Gasteiger partial charge is 0.478 e. The first-order valence-electron chi connectivity index (χ1n) is 5.39. The topological polar surface area (TPSA) is 61.5 Å². The molecule has 0 aliphatic carbocycles. The van der Waals surface area contributed by atoms with Gasteiger partial charge < -0.3 is 15.2 Å². The summed E-state index contributed by atoms with van der Waals surface area (Å²) in [6.07, 6.45) is -0.861. The second-order valence-corrected chi connectivity index (χ2v) is 3.93. The molecule has 0 radical (unpaired) electrons. The van der Waals surface area contributed by atoms with Gasteiger partial charge in [-0.1, -0.05) is 18.3 Å². The highest BCUT2D eigenvalue weighted by molar-refractivity contribution is 7.80. The average molecular weight is 271 g/mol. The maximum atomic E-state index is 13.5. The maximum absolute atomic E-state index is 13.5. The van der Waals surface area contributed by atoms with Crippen molar-refractivity contribution in [2.45, 2.75) is 20.0 Å². The Morgan fingerprint density at radius 2 is 2.22 bits per heavy atom. The minimum absolute atomic E-state index is 0.0105. The fourth-order valence-corrected chi connectivity index (χ4v) is 1.54. The lowest BCUT2D eigenvalue weighted by Gasteiger charge is -2.16. The van der Waals surface area contributed by atoms with Gasteiger partial charge in [0.25, 0.3) is 0 Å². The van der Waals surface area contributed by atoms with E-state index >= 15 is 0 Å². The highest BCUT2D eigenvalue weighted by Crippen LogP contribution is 2.22. The normalized spacial score (nSPS) is 11.7. The Morgan fingerprint density at radius 1 is 1.56 bits per heavy atom. The van der Waals surface area contributed by atoms with Crippen molar-refractivity contribution in [2.75, 3.05) is 6.61 Å². The third kappa shape index (κ3) is 3.40. The van der Waals surface area contributed by atoms with E-state index in [2.05, 4.69) is 0 Å². The van der Waals surface area contributed by atoms with Gasteiger partial charge in [-0.2, -0.15) is 0 Å². The molecule has 1 atom stereocenters. The summed E-state index contributed by atoms with van der Waals surface area (Å²) in [5.41, 5.74) is 5.41. The zero-order valence-corrected chi connectivity index (χ0v) is 10.9. The van der Waals surface area contributed by atoms with Crippen LogP contribution < -0.4 is 10.5 Å². The number of nitrogens with two attached hydrogens (primary N) is 1. The van der Waals surface area contributed by atoms with Gasteiger partial charge in [0.1, 0.15) is 16.6 Å². The quantitative estimate of drug-likeness (QED) is 0.653. The summed E-state index contributed by atoms with van der Waals surface area (Å²) < 4.78 is 23.6. The van der Waals surface area contributed by atoms with E-state index in [4.69, 9.17) is 27.4 Å². The summed E-state index contributed by atoms with van der Waals surface area (Å²) in [6.45, 7) is 3.44. The molecule has 0 fully saturated rings. The molecule has 0 amide bonds. The number of esters is 1. The first kappa shape index (κ1) is 14.4. The van der Waals surface area contributed by atoms with Crippen LogP contribution in [-0.2, 0) is 9.53 Å². The highest BCUT2D eigenvalue weighted by Gasteiger charge is 2.19. The van der Waals surface area contributed by atoms with E-state index in [0.29, 0.717) is 0 Å². The zero-order chi connectivity index (χ0) is 13.7. The number of hydrogen-bond acceptors (Lipinski definition) is 4. The molecular formula is C12H14FNO3S. The number of thiocarbonyl (C=S) groups is 1. The summed E-state index contributed by atoms with van der Waals surface area (Å²) in [4.78, 5) is 11.3. The standard InChI is InChI=1S/C12H14FNO3S/c1-3-16-12(15)7(2)17-9-6-4-5-8(13)10(9)11(14)18/h4-7H,3H2,1-2H3,(H2,14,18). The van der Waals surface area contributed by atoms with Crippen molar-refractivity contribution < 1.29 is 18.7 Å². The molecular weight excluding hydrogens is 257 g/mol. The lowest BCUT2D eigenvalue weighted by Crippen LogP contribution is -2.27. The molecule has 0 aromatic heterocycles. The van der Waals surface area contributed by atoms with E-state index in [1.165, 1.54) is 25.1 Å². The van der Waals surface area contributed by atoms with Crippen molar-refractivity contribution in [3.63, 3.8) is 0 Å². The lowest BCUT2D eigenvalue weighted by molar-refractivity contribution is -0.150. The van der Waals surface area contributed by atoms with Crippen molar-refractivity contribution >= 4 is 23.2 Å². The average Bonchev–Trinajstić information content (AvgIpc) is 2.28. The lowest BCUT2D eigenvalue weighted by atomic mass is 10.2. The van der Waals surface area contributed by atoms with Crippen molar-refractivity contribution in [2.24, 2.45) is 5.73 Å². The van der Waals surface area contributed by atoms with Gasteiger partial charge in [0.05, 0.1) is 12.2 Å². The first-order chi connectivity index (χ1) is 8.47. The highest BCUT2D eigenvalue weighted by atomic mass is 32.1. The third-order valence-corrected chi connectivity index (χ3v) is 2.35. The van der Waals surface area contributed by atoms with E-state index in [9.17, 15) is 9.18 Å². The molecule has 0 heterocycles. The van der Waals surface area contributed by atoms with Crippen LogP contribution >= 0.6 is 12.2 Å². The third-order valence-electron chi connectivity index (χ3n) is 2.14. The van der Waals surface area contributed by atoms with E-state index in [1.807, 2.05) is 0 Å². The van der Waals surface area contributed by atoms with Crippen LogP contribution in [0.1, 0.15) is 19.4 Å². The summed E-state index contributed by atoms with van der Waals surface area (Å²) in [7, 11) is 0. The van der Waals surface area contributed by atoms with Gasteiger partial charge in [-0.15, -0.1) is 0 Å². The number of ether oxygens (including phenoxy) is 2. The Kier molecular flexibility index (Phi) is 5.03. The molecule has 0 aliphatic heterocycles. The van der Waals surface area contributed by atoms with Gasteiger partial charge in [0, 0.05) is 0 Å². The number of rotatable bonds is 5. The number of benzene rings is 1. The minimum atomic E-state index is -0.861. The van der Waals surface area contributed by atoms with Gasteiger partial charge in [0.2, 0.25) is 0 Å². The van der Waals surface area contributed by atoms with Gasteiger partial charge in [-0.3, -0.25) is 0 Å². The summed E-state index contributed by atoms with van der Waals surface area (Å²) in [6, 6.07) is 4.16. The molecule has 4 nitrogen and oxygen atoms in total. The number of halogens is 1. The molecule has 0 aliphatic rings. The van der Waals surface area contributed by atoms with Crippen molar-refractivity contribution in [1.82, 2.24) is 0 Å². The molecule has 1 unspecified atom stereocenters. The SMILES string of the molecule is CCOC(=O)C(C)Oc1cccc(F)c1C(N)=S. The van der Waals surface area contributed by atoms with E-state index in [-0.39, 0.29) is 22.9 Å². The Labute approximate surface area is 110 Å².